The number of nitro groups is 1. The number of alkyl halides is 3. The summed E-state index contributed by atoms with van der Waals surface area (Å²) in [5, 5.41) is 16.5. The van der Waals surface area contributed by atoms with Crippen molar-refractivity contribution < 1.29 is 18.1 Å². The van der Waals surface area contributed by atoms with Gasteiger partial charge in [0.05, 0.1) is 4.92 Å². The van der Waals surface area contributed by atoms with Gasteiger partial charge in [-0.25, -0.2) is 0 Å². The average Bonchev–Trinajstić information content (AvgIpc) is 3.01. The number of aromatic nitrogens is 2. The number of halogens is 3. The molecular formula is C16H10F3N3O2. The highest BCUT2D eigenvalue weighted by Gasteiger charge is 2.37. The van der Waals surface area contributed by atoms with Gasteiger partial charge in [-0.15, -0.1) is 0 Å². The molecule has 0 aliphatic rings. The summed E-state index contributed by atoms with van der Waals surface area (Å²) >= 11 is 0. The Bertz CT molecular complexity index is 872. The summed E-state index contributed by atoms with van der Waals surface area (Å²) in [7, 11) is 0. The molecule has 0 atom stereocenters. The molecule has 0 unspecified atom stereocenters. The van der Waals surface area contributed by atoms with Gasteiger partial charge in [-0.1, -0.05) is 30.3 Å². The van der Waals surface area contributed by atoms with Crippen molar-refractivity contribution >= 4 is 5.69 Å². The van der Waals surface area contributed by atoms with Crippen LogP contribution in [0.3, 0.4) is 0 Å². The Balaban J connectivity index is 2.18. The summed E-state index contributed by atoms with van der Waals surface area (Å²) in [4.78, 5) is 10.1. The lowest BCUT2D eigenvalue weighted by Gasteiger charge is -2.09. The number of hydrogen-bond donors (Lipinski definition) is 1. The smallest absolute Gasteiger partial charge is 0.272 e. The normalized spacial score (nSPS) is 11.5. The van der Waals surface area contributed by atoms with E-state index < -0.39 is 16.8 Å². The minimum atomic E-state index is -4.60. The second-order valence-electron chi connectivity index (χ2n) is 4.99. The third kappa shape index (κ3) is 2.85. The van der Waals surface area contributed by atoms with Gasteiger partial charge in [0.15, 0.2) is 0 Å². The number of non-ortho nitro benzene ring substituents is 1. The molecule has 3 aromatic rings. The Kier molecular flexibility index (Phi) is 3.80. The second kappa shape index (κ2) is 5.80. The van der Waals surface area contributed by atoms with E-state index in [-0.39, 0.29) is 16.9 Å². The number of hydrogen-bond acceptors (Lipinski definition) is 3. The van der Waals surface area contributed by atoms with Crippen LogP contribution < -0.4 is 0 Å². The molecule has 0 fully saturated rings. The van der Waals surface area contributed by atoms with Crippen molar-refractivity contribution in [2.75, 3.05) is 0 Å². The Morgan fingerprint density at radius 3 is 2.12 bits per heavy atom. The van der Waals surface area contributed by atoms with Gasteiger partial charge in [0.25, 0.3) is 5.69 Å². The van der Waals surface area contributed by atoms with Gasteiger partial charge in [-0.3, -0.25) is 15.2 Å². The van der Waals surface area contributed by atoms with Crippen molar-refractivity contribution in [2.24, 2.45) is 0 Å². The van der Waals surface area contributed by atoms with Gasteiger partial charge in [0, 0.05) is 23.3 Å². The first kappa shape index (κ1) is 15.7. The van der Waals surface area contributed by atoms with E-state index in [4.69, 9.17) is 0 Å². The first-order valence-electron chi connectivity index (χ1n) is 6.83. The molecule has 5 nitrogen and oxygen atoms in total. The quantitative estimate of drug-likeness (QED) is 0.559. The van der Waals surface area contributed by atoms with E-state index >= 15 is 0 Å². The summed E-state index contributed by atoms with van der Waals surface area (Å²) in [5.74, 6) is 0. The minimum Gasteiger partial charge on any atom is -0.272 e. The number of benzene rings is 2. The highest BCUT2D eigenvalue weighted by Crippen LogP contribution is 2.41. The Hall–Kier alpha value is -3.16. The average molecular weight is 333 g/mol. The van der Waals surface area contributed by atoms with Crippen LogP contribution in [0.5, 0.6) is 0 Å². The largest absolute Gasteiger partial charge is 0.433 e. The van der Waals surface area contributed by atoms with E-state index in [0.29, 0.717) is 11.1 Å². The molecule has 1 N–H and O–H groups in total. The van der Waals surface area contributed by atoms with Crippen LogP contribution in [0.25, 0.3) is 22.4 Å². The van der Waals surface area contributed by atoms with Gasteiger partial charge < -0.3 is 0 Å². The van der Waals surface area contributed by atoms with Crippen LogP contribution in [-0.2, 0) is 6.18 Å². The molecule has 1 aromatic heterocycles. The maximum atomic E-state index is 13.3. The lowest BCUT2D eigenvalue weighted by Crippen LogP contribution is -2.07. The highest BCUT2D eigenvalue weighted by molar-refractivity contribution is 5.83. The molecule has 122 valence electrons. The zero-order valence-electron chi connectivity index (χ0n) is 12.0. The first-order valence-corrected chi connectivity index (χ1v) is 6.83. The number of nitro benzene ring substituents is 1. The highest BCUT2D eigenvalue weighted by atomic mass is 19.4. The third-order valence-electron chi connectivity index (χ3n) is 3.46. The Morgan fingerprint density at radius 1 is 0.958 bits per heavy atom. The van der Waals surface area contributed by atoms with Crippen LogP contribution in [0.2, 0.25) is 0 Å². The molecule has 3 rings (SSSR count). The minimum absolute atomic E-state index is 0.0862. The molecule has 0 aliphatic heterocycles. The maximum absolute atomic E-state index is 13.3. The summed E-state index contributed by atoms with van der Waals surface area (Å²) in [6, 6.07) is 13.3. The molecule has 0 spiro atoms. The molecule has 0 saturated heterocycles. The summed E-state index contributed by atoms with van der Waals surface area (Å²) < 4.78 is 39.8. The summed E-state index contributed by atoms with van der Waals surface area (Å²) in [5.41, 5.74) is -0.396. The standard InChI is InChI=1S/C16H10F3N3O2/c17-16(18,19)15-13(10-4-2-1-3-5-10)14(20-21-15)11-6-8-12(9-7-11)22(23)24/h1-9H,(H,20,21). The van der Waals surface area contributed by atoms with Crippen molar-refractivity contribution in [2.45, 2.75) is 6.18 Å². The molecule has 1 heterocycles. The fourth-order valence-electron chi connectivity index (χ4n) is 2.38. The predicted octanol–water partition coefficient (Wildman–Crippen LogP) is 4.67. The lowest BCUT2D eigenvalue weighted by atomic mass is 9.98. The molecule has 0 aliphatic carbocycles. The number of rotatable bonds is 3. The zero-order chi connectivity index (χ0) is 17.3. The van der Waals surface area contributed by atoms with E-state index in [9.17, 15) is 23.3 Å². The Labute approximate surface area is 133 Å². The lowest BCUT2D eigenvalue weighted by molar-refractivity contribution is -0.384. The SMILES string of the molecule is O=[N+]([O-])c1ccc(-c2n[nH]c(C(F)(F)F)c2-c2ccccc2)cc1. The van der Waals surface area contributed by atoms with E-state index in [1.807, 2.05) is 5.10 Å². The third-order valence-corrected chi connectivity index (χ3v) is 3.46. The topological polar surface area (TPSA) is 71.8 Å². The monoisotopic (exact) mass is 333 g/mol. The summed E-state index contributed by atoms with van der Waals surface area (Å²) in [6.45, 7) is 0. The second-order valence-corrected chi connectivity index (χ2v) is 4.99. The van der Waals surface area contributed by atoms with Crippen molar-refractivity contribution in [1.29, 1.82) is 0 Å². The molecule has 2 aromatic carbocycles. The van der Waals surface area contributed by atoms with Gasteiger partial charge in [0.1, 0.15) is 11.4 Å². The molecule has 0 amide bonds. The van der Waals surface area contributed by atoms with Crippen LogP contribution in [0.15, 0.2) is 54.6 Å². The van der Waals surface area contributed by atoms with Crippen LogP contribution in [0, 0.1) is 10.1 Å². The fourth-order valence-corrected chi connectivity index (χ4v) is 2.38. The molecular weight excluding hydrogens is 323 g/mol. The number of nitrogens with zero attached hydrogens (tertiary/aromatic N) is 2. The van der Waals surface area contributed by atoms with Crippen LogP contribution in [-0.4, -0.2) is 15.1 Å². The van der Waals surface area contributed by atoms with E-state index in [2.05, 4.69) is 5.10 Å². The molecule has 0 radical (unpaired) electrons. The summed E-state index contributed by atoms with van der Waals surface area (Å²) in [6.07, 6.45) is -4.60. The van der Waals surface area contributed by atoms with Crippen molar-refractivity contribution in [3.63, 3.8) is 0 Å². The predicted molar refractivity (Wildman–Crippen MR) is 81.1 cm³/mol. The fraction of sp³-hybridized carbons (Fsp3) is 0.0625. The van der Waals surface area contributed by atoms with E-state index in [1.54, 1.807) is 30.3 Å². The van der Waals surface area contributed by atoms with Crippen molar-refractivity contribution in [3.8, 4) is 22.4 Å². The first-order chi connectivity index (χ1) is 11.4. The van der Waals surface area contributed by atoms with E-state index in [0.717, 1.165) is 0 Å². The van der Waals surface area contributed by atoms with Crippen molar-refractivity contribution in [3.05, 3.63) is 70.4 Å². The van der Waals surface area contributed by atoms with Gasteiger partial charge in [-0.2, -0.15) is 18.3 Å². The molecule has 24 heavy (non-hydrogen) atoms. The maximum Gasteiger partial charge on any atom is 0.433 e. The van der Waals surface area contributed by atoms with Crippen molar-refractivity contribution in [1.82, 2.24) is 10.2 Å². The number of nitrogens with one attached hydrogen (secondary N) is 1. The zero-order valence-corrected chi connectivity index (χ0v) is 12.0. The molecule has 0 saturated carbocycles. The van der Waals surface area contributed by atoms with Crippen LogP contribution in [0.1, 0.15) is 5.69 Å². The van der Waals surface area contributed by atoms with E-state index in [1.165, 1.54) is 24.3 Å². The molecule has 0 bridgehead atoms. The van der Waals surface area contributed by atoms with Gasteiger partial charge >= 0.3 is 6.18 Å². The Morgan fingerprint density at radius 2 is 1.58 bits per heavy atom. The van der Waals surface area contributed by atoms with Gasteiger partial charge in [-0.05, 0) is 17.7 Å². The number of H-pyrrole nitrogens is 1. The van der Waals surface area contributed by atoms with Crippen LogP contribution >= 0.6 is 0 Å². The van der Waals surface area contributed by atoms with Gasteiger partial charge in [0.2, 0.25) is 0 Å². The van der Waals surface area contributed by atoms with Crippen LogP contribution in [0.4, 0.5) is 18.9 Å². The molecule has 8 heteroatoms. The number of aromatic amines is 1.